The molecule has 18 heavy (non-hydrogen) atoms. The molecule has 2 rings (SSSR count). The van der Waals surface area contributed by atoms with Crippen LogP contribution in [0.4, 0.5) is 10.1 Å². The van der Waals surface area contributed by atoms with Crippen LogP contribution in [0.15, 0.2) is 18.2 Å². The van der Waals surface area contributed by atoms with Gasteiger partial charge in [-0.1, -0.05) is 6.07 Å². The highest BCUT2D eigenvalue weighted by molar-refractivity contribution is 5.99. The van der Waals surface area contributed by atoms with Crippen molar-refractivity contribution in [2.75, 3.05) is 5.32 Å². The third-order valence-electron chi connectivity index (χ3n) is 2.69. The lowest BCUT2D eigenvalue weighted by molar-refractivity contribution is -0.150. The molecule has 1 heterocycles. The second kappa shape index (κ2) is 4.76. The first-order chi connectivity index (χ1) is 8.47. The molecular weight excluding hydrogens is 237 g/mol. The number of ether oxygens (including phenoxy) is 1. The summed E-state index contributed by atoms with van der Waals surface area (Å²) in [6.07, 6.45) is -0.212. The minimum Gasteiger partial charge on any atom is -0.462 e. The number of carbonyl (C=O) groups is 2. The molecule has 1 atom stereocenters. The first kappa shape index (κ1) is 12.5. The predicted octanol–water partition coefficient (Wildman–Crippen LogP) is 2.20. The van der Waals surface area contributed by atoms with Gasteiger partial charge in [0.1, 0.15) is 5.82 Å². The van der Waals surface area contributed by atoms with Crippen LogP contribution in [-0.4, -0.2) is 18.0 Å². The first-order valence-corrected chi connectivity index (χ1v) is 5.77. The molecule has 0 radical (unpaired) electrons. The fourth-order valence-electron chi connectivity index (χ4n) is 1.96. The van der Waals surface area contributed by atoms with Gasteiger partial charge in [-0.3, -0.25) is 9.59 Å². The lowest BCUT2D eigenvalue weighted by Crippen LogP contribution is -2.29. The molecule has 0 spiro atoms. The molecule has 1 amide bonds. The van der Waals surface area contributed by atoms with E-state index in [9.17, 15) is 14.0 Å². The van der Waals surface area contributed by atoms with E-state index >= 15 is 0 Å². The fourth-order valence-corrected chi connectivity index (χ4v) is 1.96. The van der Waals surface area contributed by atoms with E-state index in [4.69, 9.17) is 4.74 Å². The van der Waals surface area contributed by atoms with Crippen molar-refractivity contribution in [3.05, 3.63) is 29.6 Å². The maximum Gasteiger partial charge on any atom is 0.314 e. The van der Waals surface area contributed by atoms with Gasteiger partial charge >= 0.3 is 5.97 Å². The lowest BCUT2D eigenvalue weighted by atomic mass is 9.90. The average molecular weight is 251 g/mol. The standard InChI is InChI=1S/C13H14FNO3/c1-7(2)18-13(17)10-6-12(16)15-11-5-8(14)3-4-9(10)11/h3-5,7,10H,6H2,1-2H3,(H,15,16). The summed E-state index contributed by atoms with van der Waals surface area (Å²) in [5, 5.41) is 2.55. The third-order valence-corrected chi connectivity index (χ3v) is 2.69. The summed E-state index contributed by atoms with van der Waals surface area (Å²) < 4.78 is 18.2. The minimum atomic E-state index is -0.656. The molecule has 0 bridgehead atoms. The van der Waals surface area contributed by atoms with Crippen LogP contribution in [0, 0.1) is 5.82 Å². The maximum absolute atomic E-state index is 13.1. The van der Waals surface area contributed by atoms with Crippen molar-refractivity contribution in [1.29, 1.82) is 0 Å². The van der Waals surface area contributed by atoms with Crippen LogP contribution in [0.3, 0.4) is 0 Å². The van der Waals surface area contributed by atoms with E-state index in [-0.39, 0.29) is 18.4 Å². The summed E-state index contributed by atoms with van der Waals surface area (Å²) in [5.41, 5.74) is 0.943. The summed E-state index contributed by atoms with van der Waals surface area (Å²) in [4.78, 5) is 23.4. The number of hydrogen-bond acceptors (Lipinski definition) is 3. The number of halogens is 1. The molecule has 4 nitrogen and oxygen atoms in total. The number of carbonyl (C=O) groups excluding carboxylic acids is 2. The number of fused-ring (bicyclic) bond motifs is 1. The van der Waals surface area contributed by atoms with E-state index in [1.54, 1.807) is 13.8 Å². The topological polar surface area (TPSA) is 55.4 Å². The van der Waals surface area contributed by atoms with Gasteiger partial charge in [-0.25, -0.2) is 4.39 Å². The number of amides is 1. The van der Waals surface area contributed by atoms with Crippen molar-refractivity contribution in [2.45, 2.75) is 32.3 Å². The average Bonchev–Trinajstić information content (AvgIpc) is 2.26. The Hall–Kier alpha value is -1.91. The van der Waals surface area contributed by atoms with Crippen LogP contribution in [-0.2, 0) is 14.3 Å². The number of rotatable bonds is 2. The van der Waals surface area contributed by atoms with Crippen LogP contribution in [0.25, 0.3) is 0 Å². The van der Waals surface area contributed by atoms with Gasteiger partial charge in [0.25, 0.3) is 0 Å². The molecule has 0 aliphatic carbocycles. The molecule has 1 aliphatic heterocycles. The molecule has 1 aromatic rings. The molecule has 1 unspecified atom stereocenters. The second-order valence-electron chi connectivity index (χ2n) is 4.52. The highest BCUT2D eigenvalue weighted by Crippen LogP contribution is 2.33. The Morgan fingerprint density at radius 2 is 2.22 bits per heavy atom. The van der Waals surface area contributed by atoms with Crippen molar-refractivity contribution >= 4 is 17.6 Å². The van der Waals surface area contributed by atoms with Crippen LogP contribution >= 0.6 is 0 Å². The Morgan fingerprint density at radius 3 is 2.89 bits per heavy atom. The second-order valence-corrected chi connectivity index (χ2v) is 4.52. The Morgan fingerprint density at radius 1 is 1.50 bits per heavy atom. The van der Waals surface area contributed by atoms with Crippen LogP contribution in [0.1, 0.15) is 31.7 Å². The molecule has 96 valence electrons. The van der Waals surface area contributed by atoms with Gasteiger partial charge < -0.3 is 10.1 Å². The van der Waals surface area contributed by atoms with E-state index in [0.717, 1.165) is 0 Å². The zero-order valence-electron chi connectivity index (χ0n) is 10.2. The summed E-state index contributed by atoms with van der Waals surface area (Å²) in [6, 6.07) is 3.99. The fraction of sp³-hybridized carbons (Fsp3) is 0.385. The van der Waals surface area contributed by atoms with Crippen molar-refractivity contribution in [3.8, 4) is 0 Å². The van der Waals surface area contributed by atoms with E-state index in [0.29, 0.717) is 11.3 Å². The molecule has 1 N–H and O–H groups in total. The predicted molar refractivity (Wildman–Crippen MR) is 63.6 cm³/mol. The molecule has 0 aromatic heterocycles. The smallest absolute Gasteiger partial charge is 0.314 e. The van der Waals surface area contributed by atoms with Crippen LogP contribution < -0.4 is 5.32 Å². The normalized spacial score (nSPS) is 18.2. The zero-order chi connectivity index (χ0) is 13.3. The Bertz CT molecular complexity index is 499. The van der Waals surface area contributed by atoms with E-state index in [1.807, 2.05) is 0 Å². The Balaban J connectivity index is 2.33. The molecule has 1 aromatic carbocycles. The lowest BCUT2D eigenvalue weighted by Gasteiger charge is -2.24. The van der Waals surface area contributed by atoms with Crippen molar-refractivity contribution in [2.24, 2.45) is 0 Å². The molecule has 1 aliphatic rings. The van der Waals surface area contributed by atoms with Crippen molar-refractivity contribution < 1.29 is 18.7 Å². The van der Waals surface area contributed by atoms with Crippen molar-refractivity contribution in [1.82, 2.24) is 0 Å². The van der Waals surface area contributed by atoms with Gasteiger partial charge in [-0.05, 0) is 31.5 Å². The van der Waals surface area contributed by atoms with Gasteiger partial charge in [0.2, 0.25) is 5.91 Å². The first-order valence-electron chi connectivity index (χ1n) is 5.77. The Kier molecular flexibility index (Phi) is 3.32. The van der Waals surface area contributed by atoms with E-state index in [2.05, 4.69) is 5.32 Å². The highest BCUT2D eigenvalue weighted by atomic mass is 19.1. The van der Waals surface area contributed by atoms with Gasteiger partial charge in [-0.15, -0.1) is 0 Å². The molecule has 0 saturated carbocycles. The molecule has 0 saturated heterocycles. The maximum atomic E-state index is 13.1. The summed E-state index contributed by atoms with van der Waals surface area (Å²) >= 11 is 0. The van der Waals surface area contributed by atoms with Gasteiger partial charge in [0.15, 0.2) is 0 Å². The van der Waals surface area contributed by atoms with E-state index in [1.165, 1.54) is 18.2 Å². The third kappa shape index (κ3) is 2.50. The molecule has 5 heteroatoms. The quantitative estimate of drug-likeness (QED) is 0.820. The van der Waals surface area contributed by atoms with E-state index < -0.39 is 17.7 Å². The van der Waals surface area contributed by atoms with Crippen LogP contribution in [0.2, 0.25) is 0 Å². The zero-order valence-corrected chi connectivity index (χ0v) is 10.2. The number of benzene rings is 1. The summed E-state index contributed by atoms with van der Waals surface area (Å²) in [6.45, 7) is 3.48. The highest BCUT2D eigenvalue weighted by Gasteiger charge is 2.32. The number of esters is 1. The number of hydrogen-bond donors (Lipinski definition) is 1. The van der Waals surface area contributed by atoms with Gasteiger partial charge in [0.05, 0.1) is 12.0 Å². The Labute approximate surface area is 104 Å². The minimum absolute atomic E-state index is 0.0319. The van der Waals surface area contributed by atoms with Gasteiger partial charge in [0, 0.05) is 12.1 Å². The largest absolute Gasteiger partial charge is 0.462 e. The van der Waals surface area contributed by atoms with Gasteiger partial charge in [-0.2, -0.15) is 0 Å². The van der Waals surface area contributed by atoms with Crippen molar-refractivity contribution in [3.63, 3.8) is 0 Å². The van der Waals surface area contributed by atoms with Crippen LogP contribution in [0.5, 0.6) is 0 Å². The summed E-state index contributed by atoms with van der Waals surface area (Å²) in [7, 11) is 0. The summed E-state index contributed by atoms with van der Waals surface area (Å²) in [5.74, 6) is -1.87. The SMILES string of the molecule is CC(C)OC(=O)C1CC(=O)Nc2cc(F)ccc21. The number of nitrogens with one attached hydrogen (secondary N) is 1. The molecule has 0 fully saturated rings. The molecular formula is C13H14FNO3. The monoisotopic (exact) mass is 251 g/mol. The number of anilines is 1.